The fraction of sp³-hybridized carbons (Fsp3) is 0.286. The fourth-order valence-corrected chi connectivity index (χ4v) is 1.62. The quantitative estimate of drug-likeness (QED) is 0.727. The lowest BCUT2D eigenvalue weighted by Crippen LogP contribution is -1.99. The molecule has 0 saturated carbocycles. The normalized spacial score (nSPS) is 12.8. The zero-order valence-corrected chi connectivity index (χ0v) is 10.9. The summed E-state index contributed by atoms with van der Waals surface area (Å²) in [6.07, 6.45) is 9.67. The molecule has 0 radical (unpaired) electrons. The Kier molecular flexibility index (Phi) is 4.64. The van der Waals surface area contributed by atoms with Crippen molar-refractivity contribution in [1.29, 1.82) is 0 Å². The fourth-order valence-electron chi connectivity index (χ4n) is 1.62. The van der Waals surface area contributed by atoms with E-state index in [1.165, 1.54) is 0 Å². The Morgan fingerprint density at radius 1 is 1.47 bits per heavy atom. The highest BCUT2D eigenvalue weighted by atomic mass is 15.1. The van der Waals surface area contributed by atoms with Crippen LogP contribution in [0.3, 0.4) is 0 Å². The van der Waals surface area contributed by atoms with E-state index in [4.69, 9.17) is 0 Å². The number of hydrogen-bond acceptors (Lipinski definition) is 2. The van der Waals surface area contributed by atoms with Crippen molar-refractivity contribution in [2.75, 3.05) is 7.05 Å². The van der Waals surface area contributed by atoms with Crippen LogP contribution in [0.15, 0.2) is 29.9 Å². The molecular weight excluding hydrogens is 210 g/mol. The van der Waals surface area contributed by atoms with Crippen molar-refractivity contribution in [3.8, 4) is 0 Å². The topological polar surface area (TPSA) is 30.2 Å². The molecule has 1 aromatic heterocycles. The summed E-state index contributed by atoms with van der Waals surface area (Å²) in [7, 11) is 1.76. The molecule has 0 aliphatic rings. The molecule has 0 aliphatic heterocycles. The van der Waals surface area contributed by atoms with Crippen LogP contribution in [-0.4, -0.2) is 22.8 Å². The maximum absolute atomic E-state index is 4.40. The average Bonchev–Trinajstić information content (AvgIpc) is 2.70. The first-order chi connectivity index (χ1) is 8.15. The Morgan fingerprint density at radius 2 is 2.18 bits per heavy atom. The van der Waals surface area contributed by atoms with Crippen molar-refractivity contribution >= 4 is 23.6 Å². The van der Waals surface area contributed by atoms with Crippen LogP contribution in [0, 0.1) is 0 Å². The lowest BCUT2D eigenvalue weighted by molar-refractivity contribution is 1.07. The number of rotatable bonds is 4. The monoisotopic (exact) mass is 229 g/mol. The summed E-state index contributed by atoms with van der Waals surface area (Å²) in [6.45, 7) is 9.87. The van der Waals surface area contributed by atoms with Gasteiger partial charge in [-0.2, -0.15) is 0 Å². The molecule has 0 aromatic carbocycles. The van der Waals surface area contributed by atoms with E-state index in [0.29, 0.717) is 0 Å². The molecule has 0 amide bonds. The van der Waals surface area contributed by atoms with E-state index in [0.717, 1.165) is 22.7 Å². The highest BCUT2D eigenvalue weighted by molar-refractivity contribution is 6.09. The molecule has 0 saturated heterocycles. The van der Waals surface area contributed by atoms with Gasteiger partial charge >= 0.3 is 0 Å². The van der Waals surface area contributed by atoms with Gasteiger partial charge in [0.1, 0.15) is 5.82 Å². The summed E-state index contributed by atoms with van der Waals surface area (Å²) in [5.41, 5.74) is 3.01. The molecular formula is C14H19N3. The van der Waals surface area contributed by atoms with Gasteiger partial charge in [0.05, 0.1) is 11.9 Å². The summed E-state index contributed by atoms with van der Waals surface area (Å²) in [4.78, 5) is 8.45. The van der Waals surface area contributed by atoms with Crippen LogP contribution in [-0.2, 0) is 0 Å². The summed E-state index contributed by atoms with van der Waals surface area (Å²) in [5, 5.41) is 0. The van der Waals surface area contributed by atoms with Crippen molar-refractivity contribution in [3.63, 3.8) is 0 Å². The van der Waals surface area contributed by atoms with Crippen molar-refractivity contribution in [3.05, 3.63) is 36.4 Å². The lowest BCUT2D eigenvalue weighted by atomic mass is 10.2. The second-order valence-electron chi connectivity index (χ2n) is 3.73. The molecule has 0 atom stereocenters. The summed E-state index contributed by atoms with van der Waals surface area (Å²) < 4.78 is 2.03. The predicted molar refractivity (Wildman–Crippen MR) is 76.0 cm³/mol. The van der Waals surface area contributed by atoms with Gasteiger partial charge in [-0.3, -0.25) is 9.56 Å². The van der Waals surface area contributed by atoms with Gasteiger partial charge in [-0.15, -0.1) is 0 Å². The third-order valence-electron chi connectivity index (χ3n) is 2.35. The molecule has 1 rings (SSSR count). The average molecular weight is 229 g/mol. The molecule has 90 valence electrons. The molecule has 1 aromatic rings. The SMILES string of the molecule is C=C(C)c1ncc(/C(C=NC)=C/C)n1/C=C\C. The van der Waals surface area contributed by atoms with Gasteiger partial charge in [-0.25, -0.2) is 4.98 Å². The van der Waals surface area contributed by atoms with Gasteiger partial charge in [0.15, 0.2) is 0 Å². The first-order valence-electron chi connectivity index (χ1n) is 5.60. The summed E-state index contributed by atoms with van der Waals surface area (Å²) in [5.74, 6) is 0.877. The van der Waals surface area contributed by atoms with Crippen LogP contribution in [0.5, 0.6) is 0 Å². The largest absolute Gasteiger partial charge is 0.300 e. The molecule has 3 heteroatoms. The number of hydrogen-bond donors (Lipinski definition) is 0. The van der Waals surface area contributed by atoms with E-state index >= 15 is 0 Å². The Bertz CT molecular complexity index is 488. The van der Waals surface area contributed by atoms with E-state index < -0.39 is 0 Å². The maximum atomic E-state index is 4.40. The Hall–Kier alpha value is -1.90. The number of aromatic nitrogens is 2. The number of imidazole rings is 1. The molecule has 17 heavy (non-hydrogen) atoms. The molecule has 0 fully saturated rings. The van der Waals surface area contributed by atoms with E-state index in [1.807, 2.05) is 56.1 Å². The molecule has 0 bridgehead atoms. The predicted octanol–water partition coefficient (Wildman–Crippen LogP) is 3.51. The van der Waals surface area contributed by atoms with Crippen LogP contribution in [0.4, 0.5) is 0 Å². The van der Waals surface area contributed by atoms with E-state index in [9.17, 15) is 0 Å². The van der Waals surface area contributed by atoms with Gasteiger partial charge < -0.3 is 0 Å². The van der Waals surface area contributed by atoms with Gasteiger partial charge in [0, 0.05) is 25.0 Å². The minimum Gasteiger partial charge on any atom is -0.300 e. The molecule has 1 heterocycles. The third-order valence-corrected chi connectivity index (χ3v) is 2.35. The van der Waals surface area contributed by atoms with Gasteiger partial charge in [-0.05, 0) is 26.3 Å². The molecule has 0 aliphatic carbocycles. The smallest absolute Gasteiger partial charge is 0.139 e. The zero-order valence-electron chi connectivity index (χ0n) is 10.9. The summed E-state index contributed by atoms with van der Waals surface area (Å²) in [6, 6.07) is 0. The van der Waals surface area contributed by atoms with Crippen LogP contribution >= 0.6 is 0 Å². The Labute approximate surface area is 103 Å². The second-order valence-corrected chi connectivity index (χ2v) is 3.73. The molecule has 0 spiro atoms. The van der Waals surface area contributed by atoms with E-state index in [2.05, 4.69) is 16.6 Å². The van der Waals surface area contributed by atoms with Gasteiger partial charge in [0.25, 0.3) is 0 Å². The second kappa shape index (κ2) is 5.99. The highest BCUT2D eigenvalue weighted by Gasteiger charge is 2.10. The van der Waals surface area contributed by atoms with Gasteiger partial charge in [0.2, 0.25) is 0 Å². The minimum absolute atomic E-state index is 0.877. The van der Waals surface area contributed by atoms with E-state index in [-0.39, 0.29) is 0 Å². The Balaban J connectivity index is 3.39. The molecule has 0 unspecified atom stereocenters. The molecule has 3 nitrogen and oxygen atoms in total. The van der Waals surface area contributed by atoms with Crippen LogP contribution in [0.2, 0.25) is 0 Å². The van der Waals surface area contributed by atoms with Crippen molar-refractivity contribution in [2.24, 2.45) is 4.99 Å². The van der Waals surface area contributed by atoms with Gasteiger partial charge in [-0.1, -0.05) is 18.7 Å². The number of allylic oxidation sites excluding steroid dienone is 4. The standard InChI is InChI=1S/C14H19N3/c1-6-8-17-13(12(7-2)9-15-5)10-16-14(17)11(3)4/h6-10H,3H2,1-2,4-5H3/b8-6-,12-7+,15-9?. The van der Waals surface area contributed by atoms with Crippen molar-refractivity contribution < 1.29 is 0 Å². The first kappa shape index (κ1) is 13.2. The molecule has 0 N–H and O–H groups in total. The number of aliphatic imine (C=N–C) groups is 1. The lowest BCUT2D eigenvalue weighted by Gasteiger charge is -2.07. The maximum Gasteiger partial charge on any atom is 0.139 e. The van der Waals surface area contributed by atoms with Crippen molar-refractivity contribution in [1.82, 2.24) is 9.55 Å². The highest BCUT2D eigenvalue weighted by Crippen LogP contribution is 2.19. The zero-order chi connectivity index (χ0) is 12.8. The van der Waals surface area contributed by atoms with E-state index in [1.54, 1.807) is 7.05 Å². The minimum atomic E-state index is 0.877. The number of nitrogens with zero attached hydrogens (tertiary/aromatic N) is 3. The Morgan fingerprint density at radius 3 is 2.65 bits per heavy atom. The van der Waals surface area contributed by atoms with Crippen LogP contribution < -0.4 is 0 Å². The first-order valence-corrected chi connectivity index (χ1v) is 5.60. The summed E-state index contributed by atoms with van der Waals surface area (Å²) >= 11 is 0. The van der Waals surface area contributed by atoms with Crippen LogP contribution in [0.1, 0.15) is 32.3 Å². The van der Waals surface area contributed by atoms with Crippen molar-refractivity contribution in [2.45, 2.75) is 20.8 Å². The van der Waals surface area contributed by atoms with Crippen LogP contribution in [0.25, 0.3) is 17.3 Å². The third kappa shape index (κ3) is 2.81.